The summed E-state index contributed by atoms with van der Waals surface area (Å²) in [4.78, 5) is 0. The number of fused-ring (bicyclic) bond motifs is 2. The molecular weight excluding hydrogens is 385 g/mol. The molecule has 1 heterocycles. The maximum atomic E-state index is 13.0. The topological polar surface area (TPSA) is 9.23 Å². The molecule has 0 amide bonds. The second-order valence-electron chi connectivity index (χ2n) is 8.07. The fraction of sp³-hybridized carbons (Fsp3) is 0.231. The average Bonchev–Trinajstić information content (AvgIpc) is 2.80. The zero-order valence-electron chi connectivity index (χ0n) is 16.5. The summed E-state index contributed by atoms with van der Waals surface area (Å²) in [5.41, 5.74) is 6.09. The summed E-state index contributed by atoms with van der Waals surface area (Å²) in [6, 6.07) is 21.9. The summed E-state index contributed by atoms with van der Waals surface area (Å²) >= 11 is 0. The van der Waals surface area contributed by atoms with Crippen LogP contribution in [0.4, 0.5) is 13.2 Å². The van der Waals surface area contributed by atoms with Crippen molar-refractivity contribution < 1.29 is 17.9 Å². The van der Waals surface area contributed by atoms with Crippen molar-refractivity contribution in [2.45, 2.75) is 32.0 Å². The Morgan fingerprint density at radius 2 is 1.57 bits per heavy atom. The first-order valence-corrected chi connectivity index (χ1v) is 10.1. The number of alkyl halides is 3. The summed E-state index contributed by atoms with van der Waals surface area (Å²) in [5, 5.41) is 0. The molecule has 0 aromatic heterocycles. The van der Waals surface area contributed by atoms with E-state index in [0.717, 1.165) is 47.4 Å². The van der Waals surface area contributed by atoms with E-state index in [1.54, 1.807) is 12.1 Å². The average molecular weight is 406 g/mol. The fourth-order valence-corrected chi connectivity index (χ4v) is 4.49. The molecule has 3 aromatic rings. The highest BCUT2D eigenvalue weighted by Gasteiger charge is 2.40. The van der Waals surface area contributed by atoms with Crippen LogP contribution in [0.1, 0.15) is 46.8 Å². The van der Waals surface area contributed by atoms with Gasteiger partial charge in [-0.05, 0) is 54.7 Å². The molecule has 0 spiro atoms. The Kier molecular flexibility index (Phi) is 4.46. The molecule has 1 aliphatic heterocycles. The standard InChI is InChI=1S/C26H21F3O/c1-16-6-8-17(9-7-16)24-20-14-15-21(20)25(30-23-5-3-2-4-22(23)24)18-10-12-19(13-11-18)26(27,28)29/h2-13,21,25H,14-15H2,1H3/t21-,25-/m0/s1. The van der Waals surface area contributed by atoms with Gasteiger partial charge in [-0.3, -0.25) is 0 Å². The van der Waals surface area contributed by atoms with E-state index in [1.165, 1.54) is 16.7 Å². The van der Waals surface area contributed by atoms with Crippen LogP contribution in [-0.4, -0.2) is 0 Å². The zero-order valence-corrected chi connectivity index (χ0v) is 16.5. The minimum absolute atomic E-state index is 0.158. The minimum Gasteiger partial charge on any atom is -0.484 e. The van der Waals surface area contributed by atoms with Crippen LogP contribution in [0.5, 0.6) is 5.75 Å². The van der Waals surface area contributed by atoms with Crippen molar-refractivity contribution in [3.8, 4) is 5.75 Å². The van der Waals surface area contributed by atoms with Gasteiger partial charge < -0.3 is 4.74 Å². The summed E-state index contributed by atoms with van der Waals surface area (Å²) in [5.74, 6) is 0.935. The van der Waals surface area contributed by atoms with Gasteiger partial charge in [0.05, 0.1) is 5.56 Å². The summed E-state index contributed by atoms with van der Waals surface area (Å²) in [6.07, 6.45) is -2.69. The molecule has 2 aliphatic rings. The third kappa shape index (κ3) is 3.20. The van der Waals surface area contributed by atoms with Crippen LogP contribution in [0, 0.1) is 12.8 Å². The third-order valence-corrected chi connectivity index (χ3v) is 6.18. The van der Waals surface area contributed by atoms with E-state index in [9.17, 15) is 13.2 Å². The van der Waals surface area contributed by atoms with Gasteiger partial charge >= 0.3 is 6.18 Å². The molecule has 152 valence electrons. The summed E-state index contributed by atoms with van der Waals surface area (Å²) in [7, 11) is 0. The van der Waals surface area contributed by atoms with E-state index >= 15 is 0 Å². The predicted molar refractivity (Wildman–Crippen MR) is 111 cm³/mol. The molecule has 2 atom stereocenters. The van der Waals surface area contributed by atoms with E-state index in [2.05, 4.69) is 37.3 Å². The Hall–Kier alpha value is -3.01. The first-order valence-electron chi connectivity index (χ1n) is 10.1. The van der Waals surface area contributed by atoms with E-state index < -0.39 is 11.7 Å². The van der Waals surface area contributed by atoms with Crippen LogP contribution in [-0.2, 0) is 6.18 Å². The number of rotatable bonds is 2. The highest BCUT2D eigenvalue weighted by molar-refractivity contribution is 5.86. The van der Waals surface area contributed by atoms with Crippen LogP contribution in [0.25, 0.3) is 5.57 Å². The molecule has 1 saturated carbocycles. The first-order chi connectivity index (χ1) is 14.4. The molecule has 0 bridgehead atoms. The molecule has 5 rings (SSSR count). The van der Waals surface area contributed by atoms with E-state index in [4.69, 9.17) is 4.74 Å². The lowest BCUT2D eigenvalue weighted by molar-refractivity contribution is -0.137. The molecule has 1 nitrogen and oxygen atoms in total. The van der Waals surface area contributed by atoms with Crippen LogP contribution >= 0.6 is 0 Å². The second-order valence-corrected chi connectivity index (χ2v) is 8.07. The predicted octanol–water partition coefficient (Wildman–Crippen LogP) is 7.36. The lowest BCUT2D eigenvalue weighted by Gasteiger charge is -2.36. The van der Waals surface area contributed by atoms with Gasteiger partial charge in [0.1, 0.15) is 11.9 Å². The van der Waals surface area contributed by atoms with Gasteiger partial charge in [0.15, 0.2) is 0 Å². The van der Waals surface area contributed by atoms with Crippen molar-refractivity contribution in [3.05, 3.63) is 106 Å². The SMILES string of the molecule is Cc1ccc(C2=C3CC[C@@H]3[C@H](c3ccc(C(F)(F)F)cc3)Oc3ccccc32)cc1. The monoisotopic (exact) mass is 406 g/mol. The van der Waals surface area contributed by atoms with Crippen molar-refractivity contribution in [1.82, 2.24) is 0 Å². The van der Waals surface area contributed by atoms with Gasteiger partial charge in [0.2, 0.25) is 0 Å². The first kappa shape index (κ1) is 19.0. The van der Waals surface area contributed by atoms with Crippen molar-refractivity contribution in [2.75, 3.05) is 0 Å². The highest BCUT2D eigenvalue weighted by atomic mass is 19.4. The lowest BCUT2D eigenvalue weighted by Crippen LogP contribution is -2.27. The van der Waals surface area contributed by atoms with Gasteiger partial charge in [0, 0.05) is 11.5 Å². The number of hydrogen-bond donors (Lipinski definition) is 0. The van der Waals surface area contributed by atoms with Gasteiger partial charge in [-0.15, -0.1) is 0 Å². The number of hydrogen-bond acceptors (Lipinski definition) is 1. The zero-order chi connectivity index (χ0) is 20.9. The second kappa shape index (κ2) is 7.05. The molecule has 0 saturated heterocycles. The Morgan fingerprint density at radius 1 is 0.867 bits per heavy atom. The minimum atomic E-state index is -4.34. The van der Waals surface area contributed by atoms with E-state index in [0.29, 0.717) is 0 Å². The van der Waals surface area contributed by atoms with Crippen molar-refractivity contribution in [2.24, 2.45) is 5.92 Å². The van der Waals surface area contributed by atoms with Crippen LogP contribution < -0.4 is 4.74 Å². The molecule has 30 heavy (non-hydrogen) atoms. The summed E-state index contributed by atoms with van der Waals surface area (Å²) < 4.78 is 45.5. The van der Waals surface area contributed by atoms with Crippen molar-refractivity contribution in [1.29, 1.82) is 0 Å². The molecule has 3 aromatic carbocycles. The number of ether oxygens (including phenoxy) is 1. The maximum Gasteiger partial charge on any atom is 0.416 e. The molecule has 1 fully saturated rings. The van der Waals surface area contributed by atoms with Gasteiger partial charge in [-0.25, -0.2) is 0 Å². The molecule has 4 heteroatoms. The molecule has 0 radical (unpaired) electrons. The normalized spacial score (nSPS) is 20.5. The maximum absolute atomic E-state index is 13.0. The van der Waals surface area contributed by atoms with Gasteiger partial charge in [-0.1, -0.05) is 65.7 Å². The Balaban J connectivity index is 1.62. The Morgan fingerprint density at radius 3 is 2.20 bits per heavy atom. The number of aryl methyl sites for hydroxylation is 1. The summed E-state index contributed by atoms with van der Waals surface area (Å²) in [6.45, 7) is 2.07. The quantitative estimate of drug-likeness (QED) is 0.432. The Labute approximate surface area is 173 Å². The number of halogens is 3. The van der Waals surface area contributed by atoms with Crippen molar-refractivity contribution in [3.63, 3.8) is 0 Å². The Bertz CT molecular complexity index is 1110. The van der Waals surface area contributed by atoms with Crippen molar-refractivity contribution >= 4 is 5.57 Å². The smallest absolute Gasteiger partial charge is 0.416 e. The van der Waals surface area contributed by atoms with E-state index in [-0.39, 0.29) is 12.0 Å². The van der Waals surface area contributed by atoms with Crippen LogP contribution in [0.15, 0.2) is 78.4 Å². The molecule has 0 N–H and O–H groups in total. The third-order valence-electron chi connectivity index (χ3n) is 6.18. The van der Waals surface area contributed by atoms with Crippen LogP contribution in [0.3, 0.4) is 0 Å². The fourth-order valence-electron chi connectivity index (χ4n) is 4.49. The largest absolute Gasteiger partial charge is 0.484 e. The number of para-hydroxylation sites is 1. The van der Waals surface area contributed by atoms with Gasteiger partial charge in [0.25, 0.3) is 0 Å². The van der Waals surface area contributed by atoms with Crippen LogP contribution in [0.2, 0.25) is 0 Å². The highest BCUT2D eigenvalue weighted by Crippen LogP contribution is 2.53. The van der Waals surface area contributed by atoms with E-state index in [1.807, 2.05) is 18.2 Å². The molecular formula is C26H21F3O. The number of benzene rings is 3. The molecule has 1 aliphatic carbocycles. The molecule has 0 unspecified atom stereocenters. The van der Waals surface area contributed by atoms with Gasteiger partial charge in [-0.2, -0.15) is 13.2 Å². The lowest BCUT2D eigenvalue weighted by atomic mass is 9.70.